The number of benzene rings is 1. The van der Waals surface area contributed by atoms with Gasteiger partial charge in [-0.2, -0.15) is 5.10 Å². The Bertz CT molecular complexity index is 1080. The number of H-pyrrole nitrogens is 1. The highest BCUT2D eigenvalue weighted by molar-refractivity contribution is 6.07. The van der Waals surface area contributed by atoms with Gasteiger partial charge in [-0.1, -0.05) is 0 Å². The van der Waals surface area contributed by atoms with Crippen molar-refractivity contribution in [3.63, 3.8) is 0 Å². The van der Waals surface area contributed by atoms with E-state index < -0.39 is 0 Å². The van der Waals surface area contributed by atoms with Crippen molar-refractivity contribution >= 4 is 16.9 Å². The van der Waals surface area contributed by atoms with Gasteiger partial charge in [0.25, 0.3) is 5.91 Å². The summed E-state index contributed by atoms with van der Waals surface area (Å²) in [4.78, 5) is 20.4. The minimum absolute atomic E-state index is 0.0264. The summed E-state index contributed by atoms with van der Waals surface area (Å²) >= 11 is 0. The van der Waals surface area contributed by atoms with Crippen LogP contribution in [0.4, 0.5) is 0 Å². The van der Waals surface area contributed by atoms with Crippen molar-refractivity contribution < 1.29 is 9.90 Å². The van der Waals surface area contributed by atoms with Crippen molar-refractivity contribution in [3.05, 3.63) is 41.6 Å². The van der Waals surface area contributed by atoms with Gasteiger partial charge in [0.2, 0.25) is 0 Å². The molecule has 3 heterocycles. The van der Waals surface area contributed by atoms with Crippen LogP contribution in [0.1, 0.15) is 43.7 Å². The predicted molar refractivity (Wildman–Crippen MR) is 113 cm³/mol. The van der Waals surface area contributed by atoms with Gasteiger partial charge < -0.3 is 15.3 Å². The summed E-state index contributed by atoms with van der Waals surface area (Å²) in [5, 5.41) is 21.1. The smallest absolute Gasteiger partial charge is 0.255 e. The number of carbonyl (C=O) groups is 1. The highest BCUT2D eigenvalue weighted by Crippen LogP contribution is 2.31. The second-order valence-electron chi connectivity index (χ2n) is 9.08. The Labute approximate surface area is 170 Å². The molecule has 29 heavy (non-hydrogen) atoms. The van der Waals surface area contributed by atoms with E-state index in [1.54, 1.807) is 24.3 Å². The molecular formula is C22H27N5O2. The van der Waals surface area contributed by atoms with Crippen LogP contribution >= 0.6 is 0 Å². The molecule has 0 spiro atoms. The van der Waals surface area contributed by atoms with Gasteiger partial charge in [0.1, 0.15) is 5.75 Å². The molecule has 1 aliphatic heterocycles. The molecule has 2 aromatic heterocycles. The number of aromatic nitrogens is 3. The monoisotopic (exact) mass is 393 g/mol. The highest BCUT2D eigenvalue weighted by atomic mass is 16.3. The quantitative estimate of drug-likeness (QED) is 0.621. The van der Waals surface area contributed by atoms with Crippen molar-refractivity contribution in [1.29, 1.82) is 0 Å². The maximum Gasteiger partial charge on any atom is 0.255 e. The number of nitrogens with one attached hydrogen (secondary N) is 2. The Morgan fingerprint density at radius 1 is 1.17 bits per heavy atom. The van der Waals surface area contributed by atoms with E-state index in [4.69, 9.17) is 0 Å². The first-order valence-corrected chi connectivity index (χ1v) is 9.79. The summed E-state index contributed by atoms with van der Waals surface area (Å²) in [6.07, 6.45) is 0. The zero-order valence-corrected chi connectivity index (χ0v) is 17.5. The standard InChI is InChI=1S/C22H27N5O2/c1-13-18-16(20(29)27-12-21(2,3)23-11-22(27,4)5)10-17(24-19(18)26-25-13)14-6-8-15(28)9-7-14/h6-10,23,28H,11-12H2,1-5H3,(H,24,25,26). The van der Waals surface area contributed by atoms with E-state index in [0.717, 1.165) is 23.2 Å². The molecule has 0 saturated carbocycles. The van der Waals surface area contributed by atoms with Crippen LogP contribution in [0.2, 0.25) is 0 Å². The molecule has 4 rings (SSSR count). The lowest BCUT2D eigenvalue weighted by Gasteiger charge is -2.49. The molecule has 0 unspecified atom stereocenters. The molecule has 3 aromatic rings. The number of nitrogens with zero attached hydrogens (tertiary/aromatic N) is 3. The van der Waals surface area contributed by atoms with E-state index in [9.17, 15) is 9.90 Å². The number of hydrogen-bond donors (Lipinski definition) is 3. The molecular weight excluding hydrogens is 366 g/mol. The van der Waals surface area contributed by atoms with Gasteiger partial charge in [-0.15, -0.1) is 0 Å². The number of rotatable bonds is 2. The van der Waals surface area contributed by atoms with Crippen molar-refractivity contribution in [3.8, 4) is 17.0 Å². The Balaban J connectivity index is 1.86. The Kier molecular flexibility index (Phi) is 4.38. The van der Waals surface area contributed by atoms with Gasteiger partial charge in [0.05, 0.1) is 27.9 Å². The normalized spacial score (nSPS) is 18.2. The summed E-state index contributed by atoms with van der Waals surface area (Å²) in [5.41, 5.74) is 2.93. The van der Waals surface area contributed by atoms with Gasteiger partial charge in [-0.25, -0.2) is 4.98 Å². The number of amides is 1. The molecule has 152 valence electrons. The van der Waals surface area contributed by atoms with E-state index in [-0.39, 0.29) is 22.7 Å². The first-order valence-electron chi connectivity index (χ1n) is 9.79. The van der Waals surface area contributed by atoms with Gasteiger partial charge in [-0.3, -0.25) is 9.89 Å². The third-order valence-corrected chi connectivity index (χ3v) is 5.63. The third kappa shape index (κ3) is 3.46. The number of aryl methyl sites for hydroxylation is 1. The molecule has 3 N–H and O–H groups in total. The van der Waals surface area contributed by atoms with Gasteiger partial charge in [0, 0.05) is 24.2 Å². The number of carbonyl (C=O) groups excluding carboxylic acids is 1. The maximum absolute atomic E-state index is 13.8. The van der Waals surface area contributed by atoms with Gasteiger partial charge in [-0.05, 0) is 65.0 Å². The van der Waals surface area contributed by atoms with E-state index in [0.29, 0.717) is 23.4 Å². The summed E-state index contributed by atoms with van der Waals surface area (Å²) in [6, 6.07) is 8.65. The summed E-state index contributed by atoms with van der Waals surface area (Å²) in [7, 11) is 0. The largest absolute Gasteiger partial charge is 0.508 e. The Hall–Kier alpha value is -2.93. The minimum atomic E-state index is -0.321. The van der Waals surface area contributed by atoms with Crippen LogP contribution in [0.3, 0.4) is 0 Å². The first-order chi connectivity index (χ1) is 13.6. The maximum atomic E-state index is 13.8. The zero-order valence-electron chi connectivity index (χ0n) is 17.5. The number of phenolic OH excluding ortho intramolecular Hbond substituents is 1. The number of piperazine rings is 1. The molecule has 0 bridgehead atoms. The molecule has 1 fully saturated rings. The van der Waals surface area contributed by atoms with Crippen LogP contribution in [0.5, 0.6) is 5.75 Å². The fraction of sp³-hybridized carbons (Fsp3) is 0.409. The van der Waals surface area contributed by atoms with E-state index >= 15 is 0 Å². The zero-order chi connectivity index (χ0) is 21.0. The first kappa shape index (κ1) is 19.4. The SMILES string of the molecule is Cc1n[nH]c2nc(-c3ccc(O)cc3)cc(C(=O)N3CC(C)(C)NCC3(C)C)c12. The molecule has 0 aliphatic carbocycles. The topological polar surface area (TPSA) is 94.1 Å². The Morgan fingerprint density at radius 2 is 1.86 bits per heavy atom. The third-order valence-electron chi connectivity index (χ3n) is 5.63. The van der Waals surface area contributed by atoms with Crippen molar-refractivity contribution in [1.82, 2.24) is 25.4 Å². The molecule has 0 radical (unpaired) electrons. The summed E-state index contributed by atoms with van der Waals surface area (Å²) in [5.74, 6) is 0.162. The van der Waals surface area contributed by atoms with E-state index in [1.165, 1.54) is 0 Å². The molecule has 1 aliphatic rings. The van der Waals surface area contributed by atoms with Crippen LogP contribution < -0.4 is 5.32 Å². The van der Waals surface area contributed by atoms with Gasteiger partial charge in [0.15, 0.2) is 5.65 Å². The number of fused-ring (bicyclic) bond motifs is 1. The minimum Gasteiger partial charge on any atom is -0.508 e. The van der Waals surface area contributed by atoms with Crippen LogP contribution in [0, 0.1) is 6.92 Å². The molecule has 1 amide bonds. The van der Waals surface area contributed by atoms with Gasteiger partial charge >= 0.3 is 0 Å². The molecule has 1 aromatic carbocycles. The van der Waals surface area contributed by atoms with Crippen LogP contribution in [0.25, 0.3) is 22.3 Å². The fourth-order valence-electron chi connectivity index (χ4n) is 3.84. The molecule has 7 heteroatoms. The molecule has 7 nitrogen and oxygen atoms in total. The van der Waals surface area contributed by atoms with Crippen molar-refractivity contribution in [2.24, 2.45) is 0 Å². The predicted octanol–water partition coefficient (Wildman–Crippen LogP) is 3.24. The summed E-state index contributed by atoms with van der Waals surface area (Å²) < 4.78 is 0. The van der Waals surface area contributed by atoms with E-state index in [1.807, 2.05) is 17.9 Å². The van der Waals surface area contributed by atoms with Crippen LogP contribution in [0.15, 0.2) is 30.3 Å². The van der Waals surface area contributed by atoms with Crippen LogP contribution in [-0.4, -0.2) is 55.3 Å². The molecule has 1 saturated heterocycles. The lowest BCUT2D eigenvalue weighted by Crippen LogP contribution is -2.67. The number of hydrogen-bond acceptors (Lipinski definition) is 5. The summed E-state index contributed by atoms with van der Waals surface area (Å²) in [6.45, 7) is 11.6. The number of aromatic amines is 1. The average molecular weight is 393 g/mol. The number of aromatic hydroxyl groups is 1. The van der Waals surface area contributed by atoms with Crippen molar-refractivity contribution in [2.75, 3.05) is 13.1 Å². The van der Waals surface area contributed by atoms with E-state index in [2.05, 4.69) is 48.2 Å². The second kappa shape index (κ2) is 6.56. The second-order valence-corrected chi connectivity index (χ2v) is 9.08. The highest BCUT2D eigenvalue weighted by Gasteiger charge is 2.41. The Morgan fingerprint density at radius 3 is 2.55 bits per heavy atom. The number of pyridine rings is 1. The fourth-order valence-corrected chi connectivity index (χ4v) is 3.84. The van der Waals surface area contributed by atoms with Crippen LogP contribution in [-0.2, 0) is 0 Å². The number of phenols is 1. The average Bonchev–Trinajstić information content (AvgIpc) is 3.04. The molecule has 0 atom stereocenters. The van der Waals surface area contributed by atoms with Crippen molar-refractivity contribution in [2.45, 2.75) is 45.7 Å². The lowest BCUT2D eigenvalue weighted by molar-refractivity contribution is 0.0283. The lowest BCUT2D eigenvalue weighted by atomic mass is 9.90.